The molecule has 11 heteroatoms. The summed E-state index contributed by atoms with van der Waals surface area (Å²) in [6, 6.07) is 18.3. The Bertz CT molecular complexity index is 1770. The summed E-state index contributed by atoms with van der Waals surface area (Å²) in [6.45, 7) is -0.328. The molecule has 40 heavy (non-hydrogen) atoms. The monoisotopic (exact) mass is 541 g/mol. The Morgan fingerprint density at radius 2 is 1.62 bits per heavy atom. The Morgan fingerprint density at radius 1 is 0.850 bits per heavy atom. The standard InChI is InChI=1S/C29H22F3N7O/c30-21-6-4-20(5-7-21)28-27(19-10-12-33-13-11-19)25-2-1-3-26(39(25)37-28)35-15-29(40,16-38-18-34-17-36-38)23-9-8-22(31)14-24(23)32/h1-14,17-18,35,40H,15-16H2/t29-/m1/s1. The van der Waals surface area contributed by atoms with Crippen molar-refractivity contribution in [1.29, 1.82) is 0 Å². The van der Waals surface area contributed by atoms with E-state index in [1.165, 1.54) is 35.5 Å². The molecule has 0 aliphatic rings. The highest BCUT2D eigenvalue weighted by atomic mass is 19.1. The highest BCUT2D eigenvalue weighted by Crippen LogP contribution is 2.36. The van der Waals surface area contributed by atoms with Gasteiger partial charge in [-0.1, -0.05) is 12.1 Å². The van der Waals surface area contributed by atoms with Gasteiger partial charge < -0.3 is 10.4 Å². The average Bonchev–Trinajstić information content (AvgIpc) is 3.61. The SMILES string of the molecule is O[C@](CNc1cccc2c(-c3ccncc3)c(-c3ccc(F)cc3)nn12)(Cn1cncn1)c1ccc(F)cc1F. The van der Waals surface area contributed by atoms with E-state index in [-0.39, 0.29) is 24.5 Å². The molecule has 2 aromatic carbocycles. The number of rotatable bonds is 8. The molecule has 0 aliphatic heterocycles. The topological polar surface area (TPSA) is 93.2 Å². The highest BCUT2D eigenvalue weighted by Gasteiger charge is 2.34. The minimum Gasteiger partial charge on any atom is -0.381 e. The third kappa shape index (κ3) is 4.78. The number of nitrogens with zero attached hydrogens (tertiary/aromatic N) is 6. The number of hydrogen-bond donors (Lipinski definition) is 2. The first-order chi connectivity index (χ1) is 19.4. The predicted octanol–water partition coefficient (Wildman–Crippen LogP) is 5.07. The van der Waals surface area contributed by atoms with Gasteiger partial charge in [-0.05, 0) is 60.2 Å². The van der Waals surface area contributed by atoms with E-state index in [0.717, 1.165) is 28.8 Å². The maximum absolute atomic E-state index is 14.9. The van der Waals surface area contributed by atoms with Crippen molar-refractivity contribution in [1.82, 2.24) is 29.4 Å². The van der Waals surface area contributed by atoms with Crippen LogP contribution in [0, 0.1) is 17.5 Å². The molecule has 0 fully saturated rings. The molecule has 0 bridgehead atoms. The van der Waals surface area contributed by atoms with Crippen LogP contribution in [-0.4, -0.2) is 41.0 Å². The molecule has 0 amide bonds. The fraction of sp³-hybridized carbons (Fsp3) is 0.103. The van der Waals surface area contributed by atoms with E-state index in [1.54, 1.807) is 35.1 Å². The Kier molecular flexibility index (Phi) is 6.48. The maximum Gasteiger partial charge on any atom is 0.137 e. The lowest BCUT2D eigenvalue weighted by Crippen LogP contribution is -2.40. The number of aromatic nitrogens is 6. The fourth-order valence-corrected chi connectivity index (χ4v) is 4.74. The zero-order valence-electron chi connectivity index (χ0n) is 20.9. The van der Waals surface area contributed by atoms with Crippen molar-refractivity contribution in [2.45, 2.75) is 12.1 Å². The molecule has 200 valence electrons. The summed E-state index contributed by atoms with van der Waals surface area (Å²) in [5.41, 5.74) is 1.78. The number of nitrogens with one attached hydrogen (secondary N) is 1. The van der Waals surface area contributed by atoms with Crippen LogP contribution in [0.5, 0.6) is 0 Å². The first-order valence-electron chi connectivity index (χ1n) is 12.3. The van der Waals surface area contributed by atoms with Crippen molar-refractivity contribution in [3.8, 4) is 22.4 Å². The van der Waals surface area contributed by atoms with Gasteiger partial charge in [0.25, 0.3) is 0 Å². The lowest BCUT2D eigenvalue weighted by molar-refractivity contribution is 0.0246. The molecule has 0 radical (unpaired) electrons. The van der Waals surface area contributed by atoms with Crippen molar-refractivity contribution in [2.24, 2.45) is 0 Å². The van der Waals surface area contributed by atoms with Crippen LogP contribution in [-0.2, 0) is 12.1 Å². The summed E-state index contributed by atoms with van der Waals surface area (Å²) >= 11 is 0. The summed E-state index contributed by atoms with van der Waals surface area (Å²) in [4.78, 5) is 8.01. The molecule has 8 nitrogen and oxygen atoms in total. The van der Waals surface area contributed by atoms with Gasteiger partial charge >= 0.3 is 0 Å². The van der Waals surface area contributed by atoms with Crippen LogP contribution >= 0.6 is 0 Å². The van der Waals surface area contributed by atoms with Gasteiger partial charge in [0.05, 0.1) is 18.6 Å². The third-order valence-electron chi connectivity index (χ3n) is 6.63. The second-order valence-corrected chi connectivity index (χ2v) is 9.28. The Morgan fingerprint density at radius 3 is 2.35 bits per heavy atom. The number of aliphatic hydroxyl groups is 1. The average molecular weight is 542 g/mol. The molecule has 2 N–H and O–H groups in total. The summed E-state index contributed by atoms with van der Waals surface area (Å²) in [7, 11) is 0. The Hall–Kier alpha value is -5.03. The molecule has 0 saturated heterocycles. The molecule has 4 heterocycles. The van der Waals surface area contributed by atoms with Crippen molar-refractivity contribution in [2.75, 3.05) is 11.9 Å². The molecule has 6 rings (SSSR count). The van der Waals surface area contributed by atoms with E-state index in [2.05, 4.69) is 20.4 Å². The Labute approximate surface area is 226 Å². The summed E-state index contributed by atoms with van der Waals surface area (Å²) in [6.07, 6.45) is 6.06. The first kappa shape index (κ1) is 25.3. The summed E-state index contributed by atoms with van der Waals surface area (Å²) in [5, 5.41) is 23.8. The van der Waals surface area contributed by atoms with E-state index < -0.39 is 17.2 Å². The quantitative estimate of drug-likeness (QED) is 0.280. The van der Waals surface area contributed by atoms with Gasteiger partial charge in [0.1, 0.15) is 47.2 Å². The lowest BCUT2D eigenvalue weighted by atomic mass is 9.92. The van der Waals surface area contributed by atoms with Crippen LogP contribution in [0.1, 0.15) is 5.56 Å². The van der Waals surface area contributed by atoms with Crippen LogP contribution in [0.25, 0.3) is 27.9 Å². The van der Waals surface area contributed by atoms with Gasteiger partial charge in [0.15, 0.2) is 0 Å². The van der Waals surface area contributed by atoms with Crippen molar-refractivity contribution in [3.63, 3.8) is 0 Å². The zero-order chi connectivity index (χ0) is 27.7. The van der Waals surface area contributed by atoms with E-state index in [0.29, 0.717) is 17.1 Å². The molecule has 6 aromatic rings. The number of pyridine rings is 2. The molecule has 1 atom stereocenters. The summed E-state index contributed by atoms with van der Waals surface area (Å²) in [5.74, 6) is -1.50. The van der Waals surface area contributed by atoms with E-state index >= 15 is 0 Å². The van der Waals surface area contributed by atoms with Crippen LogP contribution in [0.15, 0.2) is 97.8 Å². The largest absolute Gasteiger partial charge is 0.381 e. The summed E-state index contributed by atoms with van der Waals surface area (Å²) < 4.78 is 45.3. The van der Waals surface area contributed by atoms with Gasteiger partial charge in [0.2, 0.25) is 0 Å². The van der Waals surface area contributed by atoms with Crippen molar-refractivity contribution < 1.29 is 18.3 Å². The Balaban J connectivity index is 1.44. The van der Waals surface area contributed by atoms with Gasteiger partial charge in [-0.15, -0.1) is 0 Å². The van der Waals surface area contributed by atoms with Gasteiger partial charge in [-0.3, -0.25) is 4.98 Å². The van der Waals surface area contributed by atoms with E-state index in [1.807, 2.05) is 24.3 Å². The maximum atomic E-state index is 14.9. The van der Waals surface area contributed by atoms with Crippen LogP contribution < -0.4 is 5.32 Å². The minimum absolute atomic E-state index is 0.103. The number of benzene rings is 2. The van der Waals surface area contributed by atoms with Gasteiger partial charge in [0, 0.05) is 35.2 Å². The molecular weight excluding hydrogens is 519 g/mol. The molecule has 0 saturated carbocycles. The fourth-order valence-electron chi connectivity index (χ4n) is 4.74. The van der Waals surface area contributed by atoms with Crippen molar-refractivity contribution >= 4 is 11.3 Å². The molecule has 0 unspecified atom stereocenters. The van der Waals surface area contributed by atoms with Crippen LogP contribution in [0.3, 0.4) is 0 Å². The zero-order valence-corrected chi connectivity index (χ0v) is 20.9. The molecule has 0 spiro atoms. The lowest BCUT2D eigenvalue weighted by Gasteiger charge is -2.29. The smallest absolute Gasteiger partial charge is 0.137 e. The number of anilines is 1. The number of halogens is 3. The molecule has 0 aliphatic carbocycles. The minimum atomic E-state index is -1.84. The number of hydrogen-bond acceptors (Lipinski definition) is 6. The van der Waals surface area contributed by atoms with Gasteiger partial charge in [-0.2, -0.15) is 10.2 Å². The second-order valence-electron chi connectivity index (χ2n) is 9.28. The van der Waals surface area contributed by atoms with Crippen LogP contribution in [0.4, 0.5) is 19.0 Å². The molecular formula is C29H22F3N7O. The second kappa shape index (κ2) is 10.3. The third-order valence-corrected chi connectivity index (χ3v) is 6.63. The predicted molar refractivity (Wildman–Crippen MR) is 143 cm³/mol. The first-order valence-corrected chi connectivity index (χ1v) is 12.3. The molecule has 4 aromatic heterocycles. The van der Waals surface area contributed by atoms with E-state index in [9.17, 15) is 18.3 Å². The van der Waals surface area contributed by atoms with E-state index in [4.69, 9.17) is 5.10 Å². The normalized spacial score (nSPS) is 12.9. The highest BCUT2D eigenvalue weighted by molar-refractivity contribution is 5.92. The van der Waals surface area contributed by atoms with Gasteiger partial charge in [-0.25, -0.2) is 27.4 Å². The van der Waals surface area contributed by atoms with Crippen molar-refractivity contribution in [3.05, 3.63) is 121 Å². The van der Waals surface area contributed by atoms with Crippen LogP contribution in [0.2, 0.25) is 0 Å². The number of fused-ring (bicyclic) bond motifs is 1.